The van der Waals surface area contributed by atoms with E-state index in [4.69, 9.17) is 9.97 Å². The van der Waals surface area contributed by atoms with E-state index in [0.29, 0.717) is 23.3 Å². The van der Waals surface area contributed by atoms with Crippen molar-refractivity contribution in [3.8, 4) is 11.4 Å². The second-order valence-electron chi connectivity index (χ2n) is 10.1. The lowest BCUT2D eigenvalue weighted by Crippen LogP contribution is -2.57. The Morgan fingerprint density at radius 1 is 1.17 bits per heavy atom. The van der Waals surface area contributed by atoms with Gasteiger partial charge in [0.2, 0.25) is 0 Å². The topological polar surface area (TPSA) is 65.4 Å². The lowest BCUT2D eigenvalue weighted by molar-refractivity contribution is -0.00947. The summed E-state index contributed by atoms with van der Waals surface area (Å²) in [5.74, 6) is 1.59. The van der Waals surface area contributed by atoms with Gasteiger partial charge in [0.05, 0.1) is 0 Å². The largest absolute Gasteiger partial charge is 0.383 e. The van der Waals surface area contributed by atoms with Crippen LogP contribution in [0.15, 0.2) is 60.4 Å². The van der Waals surface area contributed by atoms with Crippen molar-refractivity contribution in [1.29, 1.82) is 0 Å². The smallest absolute Gasteiger partial charge is 0.161 e. The zero-order chi connectivity index (χ0) is 25.0. The molecule has 1 aromatic heterocycles. The number of aromatic nitrogens is 2. The molecule has 2 fully saturated rings. The average molecular weight is 471 g/mol. The van der Waals surface area contributed by atoms with Gasteiger partial charge >= 0.3 is 0 Å². The molecule has 0 saturated heterocycles. The average Bonchev–Trinajstić information content (AvgIpc) is 2.81. The third-order valence-electron chi connectivity index (χ3n) is 7.22. The molecule has 0 radical (unpaired) electrons. The van der Waals surface area contributed by atoms with Crippen LogP contribution in [-0.4, -0.2) is 61.4 Å². The number of hydrogen-bond acceptors (Lipinski definition) is 6. The maximum Gasteiger partial charge on any atom is 0.161 e. The number of hydrogen-bond donors (Lipinski definition) is 2. The van der Waals surface area contributed by atoms with Crippen molar-refractivity contribution in [1.82, 2.24) is 20.2 Å². The summed E-state index contributed by atoms with van der Waals surface area (Å²) in [6, 6.07) is 9.45. The highest BCUT2D eigenvalue weighted by Crippen LogP contribution is 2.56. The second kappa shape index (κ2) is 10.6. The first kappa shape index (κ1) is 24.9. The molecule has 6 nitrogen and oxygen atoms in total. The van der Waals surface area contributed by atoms with Crippen LogP contribution in [0.1, 0.15) is 43.7 Å². The number of nitrogens with one attached hydrogen (secondary N) is 2. The summed E-state index contributed by atoms with van der Waals surface area (Å²) in [7, 11) is 7.88. The van der Waals surface area contributed by atoms with Crippen molar-refractivity contribution in [2.24, 2.45) is 10.4 Å². The number of nitrogens with zero attached hydrogens (tertiary/aromatic N) is 4. The summed E-state index contributed by atoms with van der Waals surface area (Å²) >= 11 is 0. The molecule has 0 atom stereocenters. The Labute approximate surface area is 210 Å². The van der Waals surface area contributed by atoms with E-state index in [0.717, 1.165) is 33.7 Å². The number of aliphatic imine (C=N–C) groups is 1. The van der Waals surface area contributed by atoms with Crippen LogP contribution < -0.4 is 10.6 Å². The molecule has 4 rings (SSSR count). The minimum atomic E-state index is 0.438. The molecule has 6 heteroatoms. The van der Waals surface area contributed by atoms with E-state index in [1.807, 2.05) is 50.5 Å². The molecule has 35 heavy (non-hydrogen) atoms. The normalized spacial score (nSPS) is 24.3. The maximum absolute atomic E-state index is 5.03. The van der Waals surface area contributed by atoms with E-state index in [1.54, 1.807) is 7.05 Å². The number of benzene rings is 1. The molecule has 1 spiro atoms. The maximum atomic E-state index is 5.03. The molecule has 184 valence electrons. The van der Waals surface area contributed by atoms with Crippen molar-refractivity contribution in [3.05, 3.63) is 66.5 Å². The van der Waals surface area contributed by atoms with Gasteiger partial charge in [0.1, 0.15) is 5.82 Å². The van der Waals surface area contributed by atoms with Gasteiger partial charge in [0.15, 0.2) is 5.82 Å². The molecule has 1 heterocycles. The third-order valence-corrected chi connectivity index (χ3v) is 7.22. The molecule has 2 aromatic rings. The quantitative estimate of drug-likeness (QED) is 0.386. The Hall–Kier alpha value is -3.25. The zero-order valence-corrected chi connectivity index (χ0v) is 21.7. The first-order valence-corrected chi connectivity index (χ1v) is 12.4. The van der Waals surface area contributed by atoms with E-state index < -0.39 is 0 Å². The Morgan fingerprint density at radius 2 is 1.91 bits per heavy atom. The van der Waals surface area contributed by atoms with Crippen LogP contribution >= 0.6 is 0 Å². The highest BCUT2D eigenvalue weighted by atomic mass is 15.1. The molecular formula is C29H38N6. The fourth-order valence-electron chi connectivity index (χ4n) is 5.45. The molecule has 1 aromatic carbocycles. The van der Waals surface area contributed by atoms with E-state index in [-0.39, 0.29) is 0 Å². The molecular weight excluding hydrogens is 432 g/mol. The zero-order valence-electron chi connectivity index (χ0n) is 21.7. The van der Waals surface area contributed by atoms with Gasteiger partial charge < -0.3 is 15.5 Å². The number of rotatable bonds is 9. The van der Waals surface area contributed by atoms with Crippen molar-refractivity contribution >= 4 is 23.2 Å². The van der Waals surface area contributed by atoms with Crippen molar-refractivity contribution < 1.29 is 0 Å². The molecule has 0 bridgehead atoms. The predicted octanol–water partition coefficient (Wildman–Crippen LogP) is 5.28. The summed E-state index contributed by atoms with van der Waals surface area (Å²) in [6.45, 7) is 6.01. The standard InChI is InChI=1S/C29H38N6/c1-7-20(17-30-3)26-18-32-27(23-11-9-10-22(12-23)21(8-2)19-35(5)6)34-28(26)33-25-15-29(16-25)13-24(14-29)31-4/h7-12,17-19,24-25,31H,2,13-16H2,1,3-6H3,(H,32,33,34)/b20-7+,21-19+,30-17-. The van der Waals surface area contributed by atoms with Gasteiger partial charge in [0.25, 0.3) is 0 Å². The van der Waals surface area contributed by atoms with Crippen molar-refractivity contribution in [3.63, 3.8) is 0 Å². The predicted molar refractivity (Wildman–Crippen MR) is 149 cm³/mol. The molecule has 2 aliphatic carbocycles. The molecule has 2 aliphatic rings. The van der Waals surface area contributed by atoms with Gasteiger partial charge in [-0.2, -0.15) is 0 Å². The molecule has 2 N–H and O–H groups in total. The van der Waals surface area contributed by atoms with E-state index in [2.05, 4.69) is 59.7 Å². The summed E-state index contributed by atoms with van der Waals surface area (Å²) < 4.78 is 0. The van der Waals surface area contributed by atoms with E-state index in [1.165, 1.54) is 25.7 Å². The van der Waals surface area contributed by atoms with Crippen molar-refractivity contribution in [2.75, 3.05) is 33.5 Å². The summed E-state index contributed by atoms with van der Waals surface area (Å²) in [4.78, 5) is 16.1. The van der Waals surface area contributed by atoms with Gasteiger partial charge in [-0.05, 0) is 62.3 Å². The Morgan fingerprint density at radius 3 is 2.54 bits per heavy atom. The molecule has 0 aliphatic heterocycles. The Bertz CT molecular complexity index is 1150. The van der Waals surface area contributed by atoms with Gasteiger partial charge in [-0.1, -0.05) is 36.9 Å². The summed E-state index contributed by atoms with van der Waals surface area (Å²) in [5.41, 5.74) is 5.65. The monoisotopic (exact) mass is 470 g/mol. The fourth-order valence-corrected chi connectivity index (χ4v) is 5.45. The van der Waals surface area contributed by atoms with Crippen LogP contribution in [0.5, 0.6) is 0 Å². The van der Waals surface area contributed by atoms with Crippen LogP contribution in [0, 0.1) is 5.41 Å². The highest BCUT2D eigenvalue weighted by Gasteiger charge is 2.52. The minimum absolute atomic E-state index is 0.438. The second-order valence-corrected chi connectivity index (χ2v) is 10.1. The molecule has 2 saturated carbocycles. The highest BCUT2D eigenvalue weighted by molar-refractivity contribution is 6.11. The van der Waals surface area contributed by atoms with Crippen LogP contribution in [0.3, 0.4) is 0 Å². The van der Waals surface area contributed by atoms with E-state index in [9.17, 15) is 0 Å². The Balaban J connectivity index is 1.64. The van der Waals surface area contributed by atoms with E-state index >= 15 is 0 Å². The van der Waals surface area contributed by atoms with Crippen molar-refractivity contribution in [2.45, 2.75) is 44.7 Å². The minimum Gasteiger partial charge on any atom is -0.383 e. The van der Waals surface area contributed by atoms with Crippen LogP contribution in [-0.2, 0) is 0 Å². The summed E-state index contributed by atoms with van der Waals surface area (Å²) in [5, 5.41) is 7.16. The first-order valence-electron chi connectivity index (χ1n) is 12.4. The van der Waals surface area contributed by atoms with Crippen LogP contribution in [0.25, 0.3) is 22.5 Å². The van der Waals surface area contributed by atoms with Gasteiger partial charge in [-0.25, -0.2) is 9.97 Å². The van der Waals surface area contributed by atoms with Crippen LogP contribution in [0.2, 0.25) is 0 Å². The first-order chi connectivity index (χ1) is 16.9. The summed E-state index contributed by atoms with van der Waals surface area (Å²) in [6.07, 6.45) is 14.8. The van der Waals surface area contributed by atoms with Gasteiger partial charge in [-0.3, -0.25) is 4.99 Å². The lowest BCUT2D eigenvalue weighted by Gasteiger charge is -2.58. The Kier molecular flexibility index (Phi) is 7.51. The number of allylic oxidation sites excluding steroid dienone is 4. The van der Waals surface area contributed by atoms with Gasteiger partial charge in [0, 0.05) is 68.5 Å². The molecule has 0 amide bonds. The SMILES string of the molecule is C=C/C(=C\N(C)C)c1cccc(-c2ncc(C(/C=N\C)=C/C)c(NC3CC4(CC(NC)C4)C3)n2)c1. The van der Waals surface area contributed by atoms with Gasteiger partial charge in [-0.15, -0.1) is 0 Å². The molecule has 0 unspecified atom stereocenters. The fraction of sp³-hybridized carbons (Fsp3) is 0.414. The van der Waals surface area contributed by atoms with Crippen LogP contribution in [0.4, 0.5) is 5.82 Å². The number of anilines is 1. The third kappa shape index (κ3) is 5.38. The lowest BCUT2D eigenvalue weighted by atomic mass is 9.52.